The highest BCUT2D eigenvalue weighted by Gasteiger charge is 2.15. The van der Waals surface area contributed by atoms with Gasteiger partial charge in [-0.05, 0) is 44.7 Å². The zero-order valence-corrected chi connectivity index (χ0v) is 13.9. The fourth-order valence-electron chi connectivity index (χ4n) is 2.95. The van der Waals surface area contributed by atoms with Gasteiger partial charge in [-0.1, -0.05) is 17.7 Å². The van der Waals surface area contributed by atoms with Crippen LogP contribution in [0.2, 0.25) is 0 Å². The fraction of sp³-hybridized carbons (Fsp3) is 0.471. The quantitative estimate of drug-likeness (QED) is 0.883. The van der Waals surface area contributed by atoms with Gasteiger partial charge in [-0.25, -0.2) is 0 Å². The van der Waals surface area contributed by atoms with Crippen molar-refractivity contribution < 1.29 is 4.74 Å². The Morgan fingerprint density at radius 2 is 2.00 bits per heavy atom. The van der Waals surface area contributed by atoms with Crippen LogP contribution in [0.15, 0.2) is 18.3 Å². The molecule has 1 aliphatic rings. The van der Waals surface area contributed by atoms with E-state index in [1.54, 1.807) is 6.20 Å². The Balaban J connectivity index is 1.70. The van der Waals surface area contributed by atoms with Gasteiger partial charge in [0.2, 0.25) is 5.95 Å². The molecule has 1 atom stereocenters. The largest absolute Gasteiger partial charge is 0.376 e. The molecule has 2 N–H and O–H groups in total. The third kappa shape index (κ3) is 3.96. The number of aromatic nitrogens is 3. The monoisotopic (exact) mass is 313 g/mol. The minimum absolute atomic E-state index is 0.247. The summed E-state index contributed by atoms with van der Waals surface area (Å²) in [5.74, 6) is 1.21. The highest BCUT2D eigenvalue weighted by molar-refractivity contribution is 5.65. The van der Waals surface area contributed by atoms with Gasteiger partial charge in [0.1, 0.15) is 0 Å². The van der Waals surface area contributed by atoms with E-state index in [1.165, 1.54) is 16.7 Å². The first-order valence-electron chi connectivity index (χ1n) is 8.02. The van der Waals surface area contributed by atoms with Gasteiger partial charge in [0, 0.05) is 18.8 Å². The van der Waals surface area contributed by atoms with Gasteiger partial charge in [0.05, 0.1) is 12.3 Å². The lowest BCUT2D eigenvalue weighted by atomic mass is 10.1. The molecule has 0 saturated carbocycles. The molecule has 6 heteroatoms. The Labute approximate surface area is 136 Å². The molecule has 0 aliphatic carbocycles. The molecule has 2 heterocycles. The van der Waals surface area contributed by atoms with Crippen molar-refractivity contribution >= 4 is 17.5 Å². The van der Waals surface area contributed by atoms with Crippen LogP contribution in [0.1, 0.15) is 29.5 Å². The lowest BCUT2D eigenvalue weighted by molar-refractivity contribution is 0.120. The first-order chi connectivity index (χ1) is 11.1. The van der Waals surface area contributed by atoms with E-state index in [1.807, 2.05) is 0 Å². The molecule has 1 aromatic carbocycles. The van der Waals surface area contributed by atoms with Crippen LogP contribution in [0.3, 0.4) is 0 Å². The van der Waals surface area contributed by atoms with E-state index in [9.17, 15) is 0 Å². The van der Waals surface area contributed by atoms with Gasteiger partial charge >= 0.3 is 0 Å². The second-order valence-corrected chi connectivity index (χ2v) is 6.08. The Hall–Kier alpha value is -2.21. The first kappa shape index (κ1) is 15.7. The maximum absolute atomic E-state index is 5.59. The number of hydrogen-bond donors (Lipinski definition) is 2. The van der Waals surface area contributed by atoms with Crippen LogP contribution < -0.4 is 10.6 Å². The average Bonchev–Trinajstić information content (AvgIpc) is 3.03. The second-order valence-electron chi connectivity index (χ2n) is 6.08. The zero-order chi connectivity index (χ0) is 16.2. The number of aryl methyl sites for hydroxylation is 3. The highest BCUT2D eigenvalue weighted by atomic mass is 16.5. The van der Waals surface area contributed by atoms with Gasteiger partial charge in [-0.15, -0.1) is 5.10 Å². The molecule has 1 fully saturated rings. The van der Waals surface area contributed by atoms with Crippen molar-refractivity contribution in [3.63, 3.8) is 0 Å². The van der Waals surface area contributed by atoms with Gasteiger partial charge < -0.3 is 15.4 Å². The number of benzene rings is 1. The van der Waals surface area contributed by atoms with Crippen molar-refractivity contribution in [1.82, 2.24) is 15.2 Å². The van der Waals surface area contributed by atoms with Crippen LogP contribution >= 0.6 is 0 Å². The van der Waals surface area contributed by atoms with Crippen molar-refractivity contribution in [3.05, 3.63) is 35.0 Å². The summed E-state index contributed by atoms with van der Waals surface area (Å²) >= 11 is 0. The molecule has 0 radical (unpaired) electrons. The lowest BCUT2D eigenvalue weighted by Gasteiger charge is -2.14. The van der Waals surface area contributed by atoms with Crippen molar-refractivity contribution in [3.8, 4) is 0 Å². The average molecular weight is 313 g/mol. The molecular weight excluding hydrogens is 290 g/mol. The Morgan fingerprint density at radius 1 is 1.22 bits per heavy atom. The molecule has 3 rings (SSSR count). The number of nitrogens with one attached hydrogen (secondary N) is 2. The van der Waals surface area contributed by atoms with Crippen molar-refractivity contribution in [2.24, 2.45) is 0 Å². The van der Waals surface area contributed by atoms with Crippen LogP contribution in [-0.2, 0) is 4.74 Å². The number of nitrogens with zero attached hydrogens (tertiary/aromatic N) is 3. The van der Waals surface area contributed by atoms with Crippen LogP contribution in [0.5, 0.6) is 0 Å². The number of ether oxygens (including phenoxy) is 1. The topological polar surface area (TPSA) is 72.0 Å². The van der Waals surface area contributed by atoms with Crippen molar-refractivity contribution in [2.45, 2.75) is 39.7 Å². The predicted molar refractivity (Wildman–Crippen MR) is 91.2 cm³/mol. The van der Waals surface area contributed by atoms with Crippen LogP contribution in [0.25, 0.3) is 0 Å². The van der Waals surface area contributed by atoms with Gasteiger partial charge in [0.15, 0.2) is 5.82 Å². The van der Waals surface area contributed by atoms with Gasteiger partial charge in [0.25, 0.3) is 0 Å². The number of hydrogen-bond acceptors (Lipinski definition) is 6. The number of rotatable bonds is 5. The summed E-state index contributed by atoms with van der Waals surface area (Å²) in [4.78, 5) is 4.48. The molecule has 23 heavy (non-hydrogen) atoms. The molecule has 0 bridgehead atoms. The highest BCUT2D eigenvalue weighted by Crippen LogP contribution is 2.25. The summed E-state index contributed by atoms with van der Waals surface area (Å²) in [6, 6.07) is 4.31. The minimum Gasteiger partial charge on any atom is -0.376 e. The maximum atomic E-state index is 5.59. The van der Waals surface area contributed by atoms with Gasteiger partial charge in [-0.3, -0.25) is 0 Å². The summed E-state index contributed by atoms with van der Waals surface area (Å²) in [5, 5.41) is 14.6. The molecule has 6 nitrogen and oxygen atoms in total. The summed E-state index contributed by atoms with van der Waals surface area (Å²) in [6.45, 7) is 7.84. The molecule has 1 aliphatic heterocycles. The molecular formula is C17H23N5O. The summed E-state index contributed by atoms with van der Waals surface area (Å²) in [5.41, 5.74) is 4.71. The van der Waals surface area contributed by atoms with E-state index < -0.39 is 0 Å². The van der Waals surface area contributed by atoms with E-state index in [-0.39, 0.29) is 6.10 Å². The number of anilines is 3. The lowest BCUT2D eigenvalue weighted by Crippen LogP contribution is -2.20. The minimum atomic E-state index is 0.247. The maximum Gasteiger partial charge on any atom is 0.244 e. The Kier molecular flexibility index (Phi) is 4.71. The van der Waals surface area contributed by atoms with Crippen LogP contribution in [0, 0.1) is 20.8 Å². The van der Waals surface area contributed by atoms with Crippen LogP contribution in [-0.4, -0.2) is 34.4 Å². The standard InChI is InChI=1S/C17H23N5O/c1-11-7-12(2)16(13(3)8-11)20-15-10-19-22-17(21-15)18-9-14-5-4-6-23-14/h7-8,10,14H,4-6,9H2,1-3H3,(H2,18,20,21,22). The first-order valence-corrected chi connectivity index (χ1v) is 8.02. The van der Waals surface area contributed by atoms with E-state index in [0.29, 0.717) is 18.3 Å². The normalized spacial score (nSPS) is 17.3. The molecule has 122 valence electrons. The van der Waals surface area contributed by atoms with E-state index >= 15 is 0 Å². The third-order valence-electron chi connectivity index (χ3n) is 4.00. The summed E-state index contributed by atoms with van der Waals surface area (Å²) < 4.78 is 5.59. The molecule has 0 amide bonds. The molecule has 0 spiro atoms. The molecule has 2 aromatic rings. The Bertz CT molecular complexity index is 659. The van der Waals surface area contributed by atoms with Crippen LogP contribution in [0.4, 0.5) is 17.5 Å². The fourth-order valence-corrected chi connectivity index (χ4v) is 2.95. The summed E-state index contributed by atoms with van der Waals surface area (Å²) in [7, 11) is 0. The second kappa shape index (κ2) is 6.91. The van der Waals surface area contributed by atoms with Crippen molar-refractivity contribution in [1.29, 1.82) is 0 Å². The van der Waals surface area contributed by atoms with Crippen molar-refractivity contribution in [2.75, 3.05) is 23.8 Å². The SMILES string of the molecule is Cc1cc(C)c(Nc2cnnc(NCC3CCCO3)n2)c(C)c1. The summed E-state index contributed by atoms with van der Waals surface area (Å²) in [6.07, 6.45) is 4.09. The van der Waals surface area contributed by atoms with E-state index in [2.05, 4.69) is 58.7 Å². The smallest absolute Gasteiger partial charge is 0.244 e. The third-order valence-corrected chi connectivity index (χ3v) is 4.00. The van der Waals surface area contributed by atoms with E-state index in [0.717, 1.165) is 25.1 Å². The molecule has 1 aromatic heterocycles. The molecule has 1 unspecified atom stereocenters. The Morgan fingerprint density at radius 3 is 2.70 bits per heavy atom. The van der Waals surface area contributed by atoms with E-state index in [4.69, 9.17) is 4.74 Å². The van der Waals surface area contributed by atoms with Gasteiger partial charge in [-0.2, -0.15) is 10.1 Å². The zero-order valence-electron chi connectivity index (χ0n) is 13.9. The molecule has 1 saturated heterocycles. The predicted octanol–water partition coefficient (Wildman–Crippen LogP) is 3.13.